The Kier molecular flexibility index (Phi) is 5.56. The third-order valence-electron chi connectivity index (χ3n) is 7.96. The normalized spacial score (nSPS) is 30.9. The molecular formula is C25H29NO9. The molecule has 10 nitrogen and oxygen atoms in total. The number of carbonyl (C=O) groups excluding carboxylic acids is 2. The largest absolute Gasteiger partial charge is 0.493 e. The molecule has 35 heavy (non-hydrogen) atoms. The number of esters is 2. The lowest BCUT2D eigenvalue weighted by atomic mass is 9.50. The molecule has 5 rings (SSSR count). The molecule has 1 aromatic carbocycles. The van der Waals surface area contributed by atoms with E-state index in [1.165, 1.54) is 6.92 Å². The number of likely N-dealkylation sites (tertiary alicyclic amines) is 1. The van der Waals surface area contributed by atoms with Crippen LogP contribution in [0.4, 0.5) is 0 Å². The summed E-state index contributed by atoms with van der Waals surface area (Å²) >= 11 is 0. The fourth-order valence-corrected chi connectivity index (χ4v) is 6.30. The van der Waals surface area contributed by atoms with Crippen LogP contribution in [0.25, 0.3) is 0 Å². The lowest BCUT2D eigenvalue weighted by molar-refractivity contribution is -0.175. The zero-order chi connectivity index (χ0) is 25.1. The van der Waals surface area contributed by atoms with Gasteiger partial charge in [-0.25, -0.2) is 4.79 Å². The Morgan fingerprint density at radius 3 is 2.77 bits per heavy atom. The molecule has 2 unspecified atom stereocenters. The average molecular weight is 488 g/mol. The van der Waals surface area contributed by atoms with Gasteiger partial charge in [0.2, 0.25) is 0 Å². The van der Waals surface area contributed by atoms with Crippen LogP contribution in [0.3, 0.4) is 0 Å². The van der Waals surface area contributed by atoms with Crippen LogP contribution in [0.5, 0.6) is 11.5 Å². The van der Waals surface area contributed by atoms with Gasteiger partial charge in [0.15, 0.2) is 23.7 Å². The van der Waals surface area contributed by atoms with Crippen LogP contribution >= 0.6 is 0 Å². The molecular weight excluding hydrogens is 458 g/mol. The van der Waals surface area contributed by atoms with Crippen LogP contribution in [-0.4, -0.2) is 77.6 Å². The number of piperidine rings is 1. The summed E-state index contributed by atoms with van der Waals surface area (Å²) in [6.45, 7) is 2.11. The summed E-state index contributed by atoms with van der Waals surface area (Å²) in [4.78, 5) is 37.5. The molecule has 0 aromatic heterocycles. The minimum atomic E-state index is -1.24. The smallest absolute Gasteiger partial charge is 0.352 e. The van der Waals surface area contributed by atoms with Crippen molar-refractivity contribution in [3.8, 4) is 11.5 Å². The molecule has 0 amide bonds. The van der Waals surface area contributed by atoms with Gasteiger partial charge in [0, 0.05) is 18.0 Å². The third-order valence-corrected chi connectivity index (χ3v) is 7.96. The van der Waals surface area contributed by atoms with Crippen molar-refractivity contribution >= 4 is 17.9 Å². The van der Waals surface area contributed by atoms with E-state index in [9.17, 15) is 19.5 Å². The predicted octanol–water partition coefficient (Wildman–Crippen LogP) is 1.31. The van der Waals surface area contributed by atoms with E-state index in [1.54, 1.807) is 13.2 Å². The van der Waals surface area contributed by atoms with Crippen molar-refractivity contribution in [2.45, 2.75) is 68.3 Å². The Morgan fingerprint density at radius 1 is 1.29 bits per heavy atom. The zero-order valence-electron chi connectivity index (χ0n) is 19.9. The summed E-state index contributed by atoms with van der Waals surface area (Å²) in [7, 11) is 3.57. The van der Waals surface area contributed by atoms with Gasteiger partial charge in [-0.15, -0.1) is 0 Å². The first kappa shape index (κ1) is 23.6. The molecule has 2 heterocycles. The highest BCUT2D eigenvalue weighted by molar-refractivity contribution is 5.81. The number of benzene rings is 1. The predicted molar refractivity (Wildman–Crippen MR) is 120 cm³/mol. The molecule has 5 atom stereocenters. The van der Waals surface area contributed by atoms with Crippen molar-refractivity contribution in [1.29, 1.82) is 0 Å². The summed E-state index contributed by atoms with van der Waals surface area (Å²) in [6, 6.07) is 3.74. The maximum absolute atomic E-state index is 12.8. The van der Waals surface area contributed by atoms with E-state index in [2.05, 4.69) is 4.90 Å². The lowest BCUT2D eigenvalue weighted by Gasteiger charge is -2.61. The van der Waals surface area contributed by atoms with Gasteiger partial charge in [0.05, 0.1) is 31.0 Å². The fraction of sp³-hybridized carbons (Fsp3) is 0.560. The van der Waals surface area contributed by atoms with Crippen LogP contribution < -0.4 is 9.47 Å². The SMILES string of the molecule is COc1ccc2c3c1OC1C(OC(=O)[C@H](C)OC(=O)CCC(=O)O)=CC[C@@]4(O)[C@@H](C2)N(C)CCC314. The number of likely N-dealkylation sites (N-methyl/N-ethyl adjacent to an activating group) is 1. The standard InChI is InChI=1S/C25H29NO9/c1-13(33-19(29)7-6-18(27)28)23(30)34-16-8-9-25(31)17-12-14-4-5-15(32-3)21-20(14)24(25,22(16)35-21)10-11-26(17)2/h4-5,8,13,17,22,31H,6-7,9-12H2,1-3H3,(H,27,28)/t13-,17+,22?,24?,25+/m0/s1. The number of nitrogens with zero attached hydrogens (tertiary/aromatic N) is 1. The number of hydrogen-bond acceptors (Lipinski definition) is 9. The summed E-state index contributed by atoms with van der Waals surface area (Å²) in [5.41, 5.74) is 0.0642. The van der Waals surface area contributed by atoms with E-state index in [-0.39, 0.29) is 31.1 Å². The second-order valence-corrected chi connectivity index (χ2v) is 9.73. The van der Waals surface area contributed by atoms with E-state index in [0.29, 0.717) is 24.3 Å². The van der Waals surface area contributed by atoms with Gasteiger partial charge in [-0.3, -0.25) is 9.59 Å². The van der Waals surface area contributed by atoms with Crippen molar-refractivity contribution in [1.82, 2.24) is 4.90 Å². The highest BCUT2D eigenvalue weighted by atomic mass is 16.6. The van der Waals surface area contributed by atoms with Gasteiger partial charge >= 0.3 is 17.9 Å². The molecule has 2 aliphatic heterocycles. The first-order chi connectivity index (χ1) is 16.6. The molecule has 0 radical (unpaired) electrons. The molecule has 2 N–H and O–H groups in total. The summed E-state index contributed by atoms with van der Waals surface area (Å²) in [5.74, 6) is -1.34. The van der Waals surface area contributed by atoms with Crippen molar-refractivity contribution in [2.24, 2.45) is 0 Å². The van der Waals surface area contributed by atoms with Crippen LogP contribution in [0.1, 0.15) is 43.7 Å². The van der Waals surface area contributed by atoms with E-state index >= 15 is 0 Å². The Hall–Kier alpha value is -3.11. The van der Waals surface area contributed by atoms with E-state index in [0.717, 1.165) is 17.7 Å². The van der Waals surface area contributed by atoms with Gasteiger partial charge in [0.25, 0.3) is 0 Å². The molecule has 0 saturated carbocycles. The minimum absolute atomic E-state index is 0.128. The number of carboxylic acids is 1. The summed E-state index contributed by atoms with van der Waals surface area (Å²) in [6.07, 6.45) is 0.516. The second-order valence-electron chi connectivity index (χ2n) is 9.73. The summed E-state index contributed by atoms with van der Waals surface area (Å²) in [5, 5.41) is 20.9. The molecule has 1 fully saturated rings. The van der Waals surface area contributed by atoms with Crippen LogP contribution in [0, 0.1) is 0 Å². The highest BCUT2D eigenvalue weighted by Gasteiger charge is 2.72. The van der Waals surface area contributed by atoms with Gasteiger partial charge in [-0.1, -0.05) is 6.07 Å². The van der Waals surface area contributed by atoms with Crippen LogP contribution in [-0.2, 0) is 35.7 Å². The van der Waals surface area contributed by atoms with Gasteiger partial charge in [-0.05, 0) is 51.1 Å². The maximum Gasteiger partial charge on any atom is 0.352 e. The van der Waals surface area contributed by atoms with Crippen LogP contribution in [0.15, 0.2) is 24.0 Å². The van der Waals surface area contributed by atoms with Gasteiger partial charge < -0.3 is 34.1 Å². The Labute approximate surface area is 202 Å². The number of carbonyl (C=O) groups is 3. The molecule has 188 valence electrons. The van der Waals surface area contributed by atoms with E-state index in [1.807, 2.05) is 19.2 Å². The highest BCUT2D eigenvalue weighted by Crippen LogP contribution is 2.65. The zero-order valence-corrected chi connectivity index (χ0v) is 19.9. The van der Waals surface area contributed by atoms with Crippen LogP contribution in [0.2, 0.25) is 0 Å². The molecule has 1 aromatic rings. The van der Waals surface area contributed by atoms with Crippen molar-refractivity contribution < 1.29 is 43.5 Å². The average Bonchev–Trinajstić information content (AvgIpc) is 3.17. The molecule has 4 aliphatic rings. The van der Waals surface area contributed by atoms with Gasteiger partial charge in [-0.2, -0.15) is 0 Å². The lowest BCUT2D eigenvalue weighted by Crippen LogP contribution is -2.74. The number of rotatable bonds is 7. The van der Waals surface area contributed by atoms with Crippen molar-refractivity contribution in [2.75, 3.05) is 20.7 Å². The molecule has 10 heteroatoms. The summed E-state index contributed by atoms with van der Waals surface area (Å²) < 4.78 is 22.7. The van der Waals surface area contributed by atoms with Gasteiger partial charge in [0.1, 0.15) is 5.76 Å². The Morgan fingerprint density at radius 2 is 2.06 bits per heavy atom. The number of hydrogen-bond donors (Lipinski definition) is 2. The molecule has 2 bridgehead atoms. The van der Waals surface area contributed by atoms with Crippen molar-refractivity contribution in [3.63, 3.8) is 0 Å². The van der Waals surface area contributed by atoms with Crippen molar-refractivity contribution in [3.05, 3.63) is 35.1 Å². The Balaban J connectivity index is 1.45. The molecule has 1 spiro atoms. The third kappa shape index (κ3) is 3.34. The molecule has 1 saturated heterocycles. The second kappa shape index (κ2) is 8.23. The fourth-order valence-electron chi connectivity index (χ4n) is 6.30. The first-order valence-corrected chi connectivity index (χ1v) is 11.7. The number of aliphatic carboxylic acids is 1. The number of aliphatic hydroxyl groups is 1. The molecule has 2 aliphatic carbocycles. The van der Waals surface area contributed by atoms with E-state index in [4.69, 9.17) is 24.1 Å². The first-order valence-electron chi connectivity index (χ1n) is 11.7. The van der Waals surface area contributed by atoms with E-state index < -0.39 is 41.1 Å². The number of methoxy groups -OCH3 is 1. The quantitative estimate of drug-likeness (QED) is 0.543. The minimum Gasteiger partial charge on any atom is -0.493 e. The Bertz CT molecular complexity index is 1130. The number of carboxylic acid groups (broad SMARTS) is 1. The maximum atomic E-state index is 12.8. The topological polar surface area (TPSA) is 132 Å². The monoisotopic (exact) mass is 487 g/mol. The number of ether oxygens (including phenoxy) is 4.